The summed E-state index contributed by atoms with van der Waals surface area (Å²) in [5, 5.41) is -0.417. The molecule has 0 amide bonds. The number of aromatic nitrogens is 1. The van der Waals surface area contributed by atoms with Crippen LogP contribution in [0.3, 0.4) is 0 Å². The number of hydrogen-bond acceptors (Lipinski definition) is 3. The van der Waals surface area contributed by atoms with E-state index in [4.69, 9.17) is 23.2 Å². The molecule has 0 unspecified atom stereocenters. The van der Waals surface area contributed by atoms with Crippen molar-refractivity contribution in [3.63, 3.8) is 0 Å². The number of ether oxygens (including phenoxy) is 1. The van der Waals surface area contributed by atoms with Crippen molar-refractivity contribution >= 4 is 29.2 Å². The van der Waals surface area contributed by atoms with Gasteiger partial charge in [-0.25, -0.2) is 18.6 Å². The molecule has 0 radical (unpaired) electrons. The molecule has 0 aliphatic heterocycles. The van der Waals surface area contributed by atoms with E-state index in [2.05, 4.69) is 9.72 Å². The van der Waals surface area contributed by atoms with Crippen LogP contribution in [0, 0.1) is 0 Å². The Morgan fingerprint density at radius 2 is 2.25 bits per heavy atom. The van der Waals surface area contributed by atoms with Crippen LogP contribution >= 0.6 is 23.2 Å². The Balaban J connectivity index is 3.37. The second kappa shape index (κ2) is 5.41. The number of alkyl halides is 3. The van der Waals surface area contributed by atoms with E-state index in [0.29, 0.717) is 0 Å². The summed E-state index contributed by atoms with van der Waals surface area (Å²) in [7, 11) is 1.11. The summed E-state index contributed by atoms with van der Waals surface area (Å²) >= 11 is 11.1. The maximum atomic E-state index is 12.7. The third kappa shape index (κ3) is 2.41. The van der Waals surface area contributed by atoms with Gasteiger partial charge in [0.1, 0.15) is 0 Å². The normalized spacial score (nSPS) is 10.6. The van der Waals surface area contributed by atoms with Gasteiger partial charge in [0.25, 0.3) is 6.43 Å². The number of rotatable bonds is 3. The molecular formula is C9H7Cl2F2NO2. The highest BCUT2D eigenvalue weighted by molar-refractivity contribution is 6.34. The van der Waals surface area contributed by atoms with Crippen molar-refractivity contribution in [2.24, 2.45) is 0 Å². The lowest BCUT2D eigenvalue weighted by Gasteiger charge is -2.10. The zero-order valence-electron chi connectivity index (χ0n) is 8.14. The van der Waals surface area contributed by atoms with Crippen LogP contribution in [-0.4, -0.2) is 18.1 Å². The van der Waals surface area contributed by atoms with Crippen LogP contribution in [0.1, 0.15) is 28.0 Å². The number of pyridine rings is 1. The molecule has 1 rings (SSSR count). The quantitative estimate of drug-likeness (QED) is 0.625. The van der Waals surface area contributed by atoms with Gasteiger partial charge in [-0.1, -0.05) is 11.6 Å². The van der Waals surface area contributed by atoms with Gasteiger partial charge >= 0.3 is 5.97 Å². The van der Waals surface area contributed by atoms with Crippen molar-refractivity contribution < 1.29 is 18.3 Å². The first kappa shape index (κ1) is 13.1. The highest BCUT2D eigenvalue weighted by Crippen LogP contribution is 2.32. The summed E-state index contributed by atoms with van der Waals surface area (Å²) in [6.45, 7) is 0. The van der Waals surface area contributed by atoms with Gasteiger partial charge in [0.15, 0.2) is 5.69 Å². The van der Waals surface area contributed by atoms with Crippen molar-refractivity contribution in [1.29, 1.82) is 0 Å². The maximum Gasteiger partial charge on any atom is 0.358 e. The Bertz CT molecular complexity index is 413. The molecule has 7 heteroatoms. The summed E-state index contributed by atoms with van der Waals surface area (Å²) in [6.07, 6.45) is -1.74. The Morgan fingerprint density at radius 1 is 1.62 bits per heavy atom. The first-order valence-corrected chi connectivity index (χ1v) is 5.03. The van der Waals surface area contributed by atoms with Crippen molar-refractivity contribution in [3.05, 3.63) is 28.0 Å². The largest absolute Gasteiger partial charge is 0.464 e. The first-order valence-electron chi connectivity index (χ1n) is 4.12. The Kier molecular flexibility index (Phi) is 4.44. The minimum Gasteiger partial charge on any atom is -0.464 e. The molecule has 16 heavy (non-hydrogen) atoms. The number of methoxy groups -OCH3 is 1. The summed E-state index contributed by atoms with van der Waals surface area (Å²) in [6, 6.07) is 0. The smallest absolute Gasteiger partial charge is 0.358 e. The molecule has 0 atom stereocenters. The van der Waals surface area contributed by atoms with Crippen molar-refractivity contribution in [2.75, 3.05) is 7.11 Å². The Hall–Kier alpha value is -0.940. The lowest BCUT2D eigenvalue weighted by molar-refractivity contribution is 0.0593. The average Bonchev–Trinajstić information content (AvgIpc) is 2.26. The first-order chi connectivity index (χ1) is 7.52. The molecule has 0 saturated heterocycles. The fraction of sp³-hybridized carbons (Fsp3) is 0.333. The van der Waals surface area contributed by atoms with Gasteiger partial charge in [0, 0.05) is 17.6 Å². The third-order valence-corrected chi connectivity index (χ3v) is 2.55. The van der Waals surface area contributed by atoms with Crippen molar-refractivity contribution in [3.8, 4) is 0 Å². The number of carbonyl (C=O) groups excluding carboxylic acids is 1. The zero-order chi connectivity index (χ0) is 12.3. The van der Waals surface area contributed by atoms with Crippen LogP contribution in [0.5, 0.6) is 0 Å². The predicted octanol–water partition coefficient (Wildman–Crippen LogP) is 3.20. The van der Waals surface area contributed by atoms with E-state index in [9.17, 15) is 13.6 Å². The van der Waals surface area contributed by atoms with E-state index in [0.717, 1.165) is 13.3 Å². The van der Waals surface area contributed by atoms with Gasteiger partial charge in [0.05, 0.1) is 12.1 Å². The molecule has 0 aromatic carbocycles. The number of carbonyl (C=O) groups is 1. The van der Waals surface area contributed by atoms with E-state index in [-0.39, 0.29) is 17.1 Å². The van der Waals surface area contributed by atoms with Gasteiger partial charge in [-0.3, -0.25) is 0 Å². The highest BCUT2D eigenvalue weighted by atomic mass is 35.5. The number of hydrogen-bond donors (Lipinski definition) is 0. The van der Waals surface area contributed by atoms with Gasteiger partial charge in [-0.15, -0.1) is 11.6 Å². The zero-order valence-corrected chi connectivity index (χ0v) is 9.65. The summed E-state index contributed by atoms with van der Waals surface area (Å²) in [5.41, 5.74) is -0.727. The number of nitrogens with zero attached hydrogens (tertiary/aromatic N) is 1. The van der Waals surface area contributed by atoms with Crippen molar-refractivity contribution in [1.82, 2.24) is 4.98 Å². The van der Waals surface area contributed by atoms with Crippen LogP contribution < -0.4 is 0 Å². The molecule has 1 aromatic heterocycles. The third-order valence-electron chi connectivity index (χ3n) is 1.88. The topological polar surface area (TPSA) is 39.2 Å². The van der Waals surface area contributed by atoms with E-state index >= 15 is 0 Å². The van der Waals surface area contributed by atoms with Gasteiger partial charge in [-0.05, 0) is 5.56 Å². The Labute approximate surface area is 100 Å². The van der Waals surface area contributed by atoms with E-state index in [1.54, 1.807) is 0 Å². The minimum absolute atomic E-state index is 0.0920. The molecule has 0 N–H and O–H groups in total. The fourth-order valence-corrected chi connectivity index (χ4v) is 1.66. The fourth-order valence-electron chi connectivity index (χ4n) is 1.12. The second-order valence-electron chi connectivity index (χ2n) is 2.79. The standard InChI is InChI=1S/C9H7Cl2F2NO2/c1-16-9(15)7-6(11)5(8(12)13)4(2-10)3-14-7/h3,8H,2H2,1H3. The maximum absolute atomic E-state index is 12.7. The Morgan fingerprint density at radius 3 is 2.69 bits per heavy atom. The van der Waals surface area contributed by atoms with E-state index in [1.807, 2.05) is 0 Å². The molecule has 0 saturated carbocycles. The molecule has 0 spiro atoms. The van der Waals surface area contributed by atoms with E-state index < -0.39 is 23.0 Å². The molecule has 0 bridgehead atoms. The summed E-state index contributed by atoms with van der Waals surface area (Å²) < 4.78 is 29.8. The van der Waals surface area contributed by atoms with Gasteiger partial charge in [-0.2, -0.15) is 0 Å². The molecular weight excluding hydrogens is 263 g/mol. The molecule has 1 aromatic rings. The summed E-state index contributed by atoms with van der Waals surface area (Å²) in [5.74, 6) is -1.03. The number of esters is 1. The van der Waals surface area contributed by atoms with Crippen LogP contribution in [0.15, 0.2) is 6.20 Å². The molecule has 0 fully saturated rings. The second-order valence-corrected chi connectivity index (χ2v) is 3.43. The summed E-state index contributed by atoms with van der Waals surface area (Å²) in [4.78, 5) is 14.8. The predicted molar refractivity (Wildman–Crippen MR) is 55.1 cm³/mol. The lowest BCUT2D eigenvalue weighted by Crippen LogP contribution is -2.08. The SMILES string of the molecule is COC(=O)c1ncc(CCl)c(C(F)F)c1Cl. The van der Waals surface area contributed by atoms with Crippen LogP contribution in [0.4, 0.5) is 8.78 Å². The van der Waals surface area contributed by atoms with Crippen LogP contribution in [-0.2, 0) is 10.6 Å². The molecule has 3 nitrogen and oxygen atoms in total. The highest BCUT2D eigenvalue weighted by Gasteiger charge is 2.23. The lowest BCUT2D eigenvalue weighted by atomic mass is 10.1. The molecule has 0 aliphatic carbocycles. The van der Waals surface area contributed by atoms with Gasteiger partial charge < -0.3 is 4.74 Å². The molecule has 88 valence electrons. The minimum atomic E-state index is -2.83. The monoisotopic (exact) mass is 269 g/mol. The average molecular weight is 270 g/mol. The van der Waals surface area contributed by atoms with Crippen molar-refractivity contribution in [2.45, 2.75) is 12.3 Å². The number of halogens is 4. The van der Waals surface area contributed by atoms with Gasteiger partial charge in [0.2, 0.25) is 0 Å². The van der Waals surface area contributed by atoms with Crippen LogP contribution in [0.25, 0.3) is 0 Å². The van der Waals surface area contributed by atoms with E-state index in [1.165, 1.54) is 0 Å². The molecule has 1 heterocycles. The van der Waals surface area contributed by atoms with Crippen LogP contribution in [0.2, 0.25) is 5.02 Å². The molecule has 0 aliphatic rings.